The molecule has 1 N–H and O–H groups in total. The molecule has 1 unspecified atom stereocenters. The van der Waals surface area contributed by atoms with Crippen LogP contribution >= 0.6 is 11.8 Å². The molecule has 4 nitrogen and oxygen atoms in total. The Balaban J connectivity index is 1.51. The van der Waals surface area contributed by atoms with Crippen LogP contribution in [-0.2, 0) is 12.2 Å². The average molecular weight is 307 g/mol. The van der Waals surface area contributed by atoms with Crippen molar-refractivity contribution in [3.63, 3.8) is 0 Å². The van der Waals surface area contributed by atoms with Crippen LogP contribution in [-0.4, -0.2) is 23.2 Å². The first-order chi connectivity index (χ1) is 10.3. The summed E-state index contributed by atoms with van der Waals surface area (Å²) in [6, 6.07) is 6.43. The van der Waals surface area contributed by atoms with Gasteiger partial charge < -0.3 is 9.84 Å². The lowest BCUT2D eigenvalue weighted by Gasteiger charge is -2.20. The molecule has 112 valence electrons. The van der Waals surface area contributed by atoms with Gasteiger partial charge in [-0.05, 0) is 56.1 Å². The van der Waals surface area contributed by atoms with Crippen LogP contribution in [0.5, 0.6) is 0 Å². The Hall–Kier alpha value is -1.40. The highest BCUT2D eigenvalue weighted by molar-refractivity contribution is 7.98. The van der Waals surface area contributed by atoms with E-state index in [4.69, 9.17) is 4.52 Å². The van der Waals surface area contributed by atoms with Crippen molar-refractivity contribution >= 4 is 11.8 Å². The lowest BCUT2D eigenvalue weighted by Crippen LogP contribution is -2.30. The SMILES string of the molecule is Fc1ccc(SCc2noc(CC3CCCNC3)n2)cc1. The summed E-state index contributed by atoms with van der Waals surface area (Å²) in [4.78, 5) is 5.44. The molecule has 21 heavy (non-hydrogen) atoms. The van der Waals surface area contributed by atoms with E-state index in [1.165, 1.54) is 25.0 Å². The molecule has 0 aliphatic carbocycles. The molecule has 1 aromatic heterocycles. The summed E-state index contributed by atoms with van der Waals surface area (Å²) in [5, 5.41) is 7.40. The van der Waals surface area contributed by atoms with Gasteiger partial charge in [0.05, 0.1) is 5.75 Å². The highest BCUT2D eigenvalue weighted by atomic mass is 32.2. The quantitative estimate of drug-likeness (QED) is 0.861. The molecule has 3 rings (SSSR count). The van der Waals surface area contributed by atoms with E-state index in [1.54, 1.807) is 23.9 Å². The number of benzene rings is 1. The lowest BCUT2D eigenvalue weighted by atomic mass is 9.96. The van der Waals surface area contributed by atoms with E-state index in [-0.39, 0.29) is 5.82 Å². The second kappa shape index (κ2) is 7.04. The van der Waals surface area contributed by atoms with Crippen LogP contribution in [0.25, 0.3) is 0 Å². The van der Waals surface area contributed by atoms with Gasteiger partial charge in [0.15, 0.2) is 5.82 Å². The number of halogens is 1. The molecule has 6 heteroatoms. The summed E-state index contributed by atoms with van der Waals surface area (Å²) < 4.78 is 18.1. The zero-order valence-electron chi connectivity index (χ0n) is 11.7. The Morgan fingerprint density at radius 1 is 1.33 bits per heavy atom. The fourth-order valence-electron chi connectivity index (χ4n) is 2.46. The Labute approximate surface area is 127 Å². The Morgan fingerprint density at radius 2 is 2.19 bits per heavy atom. The van der Waals surface area contributed by atoms with E-state index in [1.807, 2.05) is 0 Å². The van der Waals surface area contributed by atoms with Gasteiger partial charge in [0.1, 0.15) is 5.82 Å². The number of rotatable bonds is 5. The summed E-state index contributed by atoms with van der Waals surface area (Å²) in [7, 11) is 0. The van der Waals surface area contributed by atoms with Crippen LogP contribution < -0.4 is 5.32 Å². The fourth-order valence-corrected chi connectivity index (χ4v) is 3.20. The molecule has 0 saturated carbocycles. The Kier molecular flexibility index (Phi) is 4.87. The van der Waals surface area contributed by atoms with E-state index in [2.05, 4.69) is 15.5 Å². The zero-order chi connectivity index (χ0) is 14.5. The molecule has 0 bridgehead atoms. The summed E-state index contributed by atoms with van der Waals surface area (Å²) in [5.74, 6) is 2.43. The smallest absolute Gasteiger partial charge is 0.226 e. The van der Waals surface area contributed by atoms with Crippen molar-refractivity contribution in [1.82, 2.24) is 15.5 Å². The minimum Gasteiger partial charge on any atom is -0.339 e. The van der Waals surface area contributed by atoms with Crippen molar-refractivity contribution < 1.29 is 8.91 Å². The van der Waals surface area contributed by atoms with Gasteiger partial charge in [0, 0.05) is 11.3 Å². The van der Waals surface area contributed by atoms with E-state index in [0.717, 1.165) is 30.3 Å². The summed E-state index contributed by atoms with van der Waals surface area (Å²) in [6.45, 7) is 2.14. The van der Waals surface area contributed by atoms with Gasteiger partial charge in [-0.3, -0.25) is 0 Å². The van der Waals surface area contributed by atoms with Crippen molar-refractivity contribution in [3.05, 3.63) is 41.8 Å². The van der Waals surface area contributed by atoms with E-state index >= 15 is 0 Å². The van der Waals surface area contributed by atoms with Crippen molar-refractivity contribution in [1.29, 1.82) is 0 Å². The monoisotopic (exact) mass is 307 g/mol. The van der Waals surface area contributed by atoms with Crippen LogP contribution in [0.3, 0.4) is 0 Å². The number of nitrogens with one attached hydrogen (secondary N) is 1. The first kappa shape index (κ1) is 14.5. The molecule has 1 fully saturated rings. The maximum absolute atomic E-state index is 12.8. The minimum atomic E-state index is -0.220. The molecular formula is C15H18FN3OS. The molecule has 1 aliphatic heterocycles. The molecular weight excluding hydrogens is 289 g/mol. The fraction of sp³-hybridized carbons (Fsp3) is 0.467. The minimum absolute atomic E-state index is 0.220. The van der Waals surface area contributed by atoms with E-state index in [0.29, 0.717) is 17.5 Å². The predicted molar refractivity (Wildman–Crippen MR) is 79.6 cm³/mol. The maximum atomic E-state index is 12.8. The van der Waals surface area contributed by atoms with Gasteiger partial charge >= 0.3 is 0 Å². The van der Waals surface area contributed by atoms with Crippen LogP contribution in [0.15, 0.2) is 33.7 Å². The maximum Gasteiger partial charge on any atom is 0.226 e. The summed E-state index contributed by atoms with van der Waals surface area (Å²) in [5.41, 5.74) is 0. The third-order valence-corrected chi connectivity index (χ3v) is 4.56. The zero-order valence-corrected chi connectivity index (χ0v) is 12.5. The van der Waals surface area contributed by atoms with Crippen LogP contribution in [0.1, 0.15) is 24.6 Å². The molecule has 0 spiro atoms. The van der Waals surface area contributed by atoms with E-state index in [9.17, 15) is 4.39 Å². The molecule has 2 aromatic rings. The molecule has 2 heterocycles. The number of nitrogens with zero attached hydrogens (tertiary/aromatic N) is 2. The van der Waals surface area contributed by atoms with Crippen molar-refractivity contribution in [3.8, 4) is 0 Å². The van der Waals surface area contributed by atoms with Crippen molar-refractivity contribution in [2.75, 3.05) is 13.1 Å². The van der Waals surface area contributed by atoms with Gasteiger partial charge in [-0.15, -0.1) is 11.8 Å². The third kappa shape index (κ3) is 4.28. The normalized spacial score (nSPS) is 18.8. The molecule has 0 radical (unpaired) electrons. The van der Waals surface area contributed by atoms with Crippen molar-refractivity contribution in [2.45, 2.75) is 29.9 Å². The van der Waals surface area contributed by atoms with Gasteiger partial charge in [-0.1, -0.05) is 5.16 Å². The standard InChI is InChI=1S/C15H18FN3OS/c16-12-3-5-13(6-4-12)21-10-14-18-15(20-19-14)8-11-2-1-7-17-9-11/h3-6,11,17H,1-2,7-10H2. The highest BCUT2D eigenvalue weighted by Crippen LogP contribution is 2.22. The second-order valence-corrected chi connectivity index (χ2v) is 6.31. The van der Waals surface area contributed by atoms with Crippen molar-refractivity contribution in [2.24, 2.45) is 5.92 Å². The Morgan fingerprint density at radius 3 is 2.95 bits per heavy atom. The number of thioether (sulfide) groups is 1. The second-order valence-electron chi connectivity index (χ2n) is 5.26. The highest BCUT2D eigenvalue weighted by Gasteiger charge is 2.17. The molecule has 0 amide bonds. The summed E-state index contributed by atoms with van der Waals surface area (Å²) in [6.07, 6.45) is 3.28. The lowest BCUT2D eigenvalue weighted by molar-refractivity contribution is 0.315. The van der Waals surface area contributed by atoms with Crippen LogP contribution in [0.4, 0.5) is 4.39 Å². The predicted octanol–water partition coefficient (Wildman–Crippen LogP) is 3.04. The third-order valence-electron chi connectivity index (χ3n) is 3.55. The molecule has 1 saturated heterocycles. The number of aromatic nitrogens is 2. The van der Waals surface area contributed by atoms with Crippen LogP contribution in [0, 0.1) is 11.7 Å². The largest absolute Gasteiger partial charge is 0.339 e. The summed E-state index contributed by atoms with van der Waals surface area (Å²) >= 11 is 1.58. The topological polar surface area (TPSA) is 51.0 Å². The Bertz CT molecular complexity index is 567. The number of piperidine rings is 1. The molecule has 1 atom stereocenters. The molecule has 1 aliphatic rings. The van der Waals surface area contributed by atoms with Crippen LogP contribution in [0.2, 0.25) is 0 Å². The average Bonchev–Trinajstić information content (AvgIpc) is 2.95. The molecule has 1 aromatic carbocycles. The van der Waals surface area contributed by atoms with E-state index < -0.39 is 0 Å². The first-order valence-electron chi connectivity index (χ1n) is 7.20. The first-order valence-corrected chi connectivity index (χ1v) is 8.19. The number of hydrogen-bond acceptors (Lipinski definition) is 5. The van der Waals surface area contributed by atoms with Gasteiger partial charge in [0.2, 0.25) is 5.89 Å². The van der Waals surface area contributed by atoms with Gasteiger partial charge in [-0.25, -0.2) is 4.39 Å². The van der Waals surface area contributed by atoms with Gasteiger partial charge in [0.25, 0.3) is 0 Å². The van der Waals surface area contributed by atoms with Gasteiger partial charge in [-0.2, -0.15) is 4.98 Å². The number of hydrogen-bond donors (Lipinski definition) is 1.